The Kier molecular flexibility index (Phi) is 7.28. The molecule has 0 bridgehead atoms. The molecule has 0 heterocycles. The number of hydrogen-bond donors (Lipinski definition) is 1. The van der Waals surface area contributed by atoms with Gasteiger partial charge in [-0.1, -0.05) is 15.9 Å². The molecule has 2 rings (SSSR count). The first kappa shape index (κ1) is 21.6. The molecule has 0 atom stereocenters. The van der Waals surface area contributed by atoms with E-state index in [9.17, 15) is 14.7 Å². The third kappa shape index (κ3) is 4.75. The fraction of sp³-hybridized carbons (Fsp3) is 0.300. The number of halogens is 1. The van der Waals surface area contributed by atoms with Crippen LogP contribution in [-0.2, 0) is 17.6 Å². The second-order valence-corrected chi connectivity index (χ2v) is 6.69. The van der Waals surface area contributed by atoms with Crippen LogP contribution in [0, 0.1) is 0 Å². The summed E-state index contributed by atoms with van der Waals surface area (Å²) in [7, 11) is 5.94. The van der Waals surface area contributed by atoms with Gasteiger partial charge in [0.1, 0.15) is 0 Å². The van der Waals surface area contributed by atoms with Gasteiger partial charge in [-0.3, -0.25) is 9.59 Å². The maximum absolute atomic E-state index is 13.0. The molecule has 0 aromatic heterocycles. The molecule has 2 aromatic rings. The highest BCUT2D eigenvalue weighted by Gasteiger charge is 2.20. The lowest BCUT2D eigenvalue weighted by Gasteiger charge is -2.15. The second-order valence-electron chi connectivity index (χ2n) is 5.83. The number of carbonyl (C=O) groups is 2. The van der Waals surface area contributed by atoms with Gasteiger partial charge >= 0.3 is 5.97 Å². The van der Waals surface area contributed by atoms with E-state index in [1.54, 1.807) is 12.1 Å². The fourth-order valence-electron chi connectivity index (χ4n) is 2.79. The van der Waals surface area contributed by atoms with Crippen molar-refractivity contribution < 1.29 is 33.6 Å². The number of aliphatic carboxylic acids is 1. The Balaban J connectivity index is 2.47. The molecule has 0 amide bonds. The van der Waals surface area contributed by atoms with E-state index in [-0.39, 0.29) is 24.2 Å². The van der Waals surface area contributed by atoms with Crippen molar-refractivity contribution in [2.24, 2.45) is 0 Å². The predicted octanol–water partition coefficient (Wildman–Crippen LogP) is 3.54. The summed E-state index contributed by atoms with van der Waals surface area (Å²) < 4.78 is 21.7. The zero-order valence-corrected chi connectivity index (χ0v) is 17.6. The summed E-state index contributed by atoms with van der Waals surface area (Å²) in [6, 6.07) is 6.45. The van der Waals surface area contributed by atoms with Gasteiger partial charge in [-0.05, 0) is 35.4 Å². The maximum atomic E-state index is 13.0. The normalized spacial score (nSPS) is 10.3. The molecule has 0 saturated heterocycles. The Morgan fingerprint density at radius 3 is 1.75 bits per heavy atom. The summed E-state index contributed by atoms with van der Waals surface area (Å²) in [5.74, 6) is 0.433. The lowest BCUT2D eigenvalue weighted by Crippen LogP contribution is -2.12. The lowest BCUT2D eigenvalue weighted by atomic mass is 9.96. The first-order chi connectivity index (χ1) is 13.3. The third-order valence-electron chi connectivity index (χ3n) is 4.16. The van der Waals surface area contributed by atoms with Gasteiger partial charge in [-0.25, -0.2) is 0 Å². The van der Waals surface area contributed by atoms with E-state index in [1.165, 1.54) is 40.6 Å². The van der Waals surface area contributed by atoms with Crippen LogP contribution in [0.25, 0.3) is 0 Å². The molecule has 7 nitrogen and oxygen atoms in total. The molecule has 0 saturated carbocycles. The quantitative estimate of drug-likeness (QED) is 0.581. The van der Waals surface area contributed by atoms with Gasteiger partial charge in [-0.2, -0.15) is 0 Å². The van der Waals surface area contributed by atoms with E-state index in [2.05, 4.69) is 15.9 Å². The number of rotatable bonds is 9. The highest BCUT2D eigenvalue weighted by atomic mass is 79.9. The summed E-state index contributed by atoms with van der Waals surface area (Å²) in [6.07, 6.45) is -0.280. The van der Waals surface area contributed by atoms with Crippen LogP contribution in [-0.4, -0.2) is 45.3 Å². The molecule has 0 fully saturated rings. The molecule has 150 valence electrons. The van der Waals surface area contributed by atoms with E-state index in [1.807, 2.05) is 0 Å². The minimum atomic E-state index is -1.05. The highest BCUT2D eigenvalue weighted by molar-refractivity contribution is 9.10. The Morgan fingerprint density at radius 2 is 1.25 bits per heavy atom. The molecule has 28 heavy (non-hydrogen) atoms. The minimum absolute atomic E-state index is 0.0308. The van der Waals surface area contributed by atoms with Gasteiger partial charge in [0.2, 0.25) is 0 Å². The zero-order chi connectivity index (χ0) is 20.8. The molecule has 0 aliphatic heterocycles. The van der Waals surface area contributed by atoms with Crippen molar-refractivity contribution in [1.29, 1.82) is 0 Å². The van der Waals surface area contributed by atoms with Crippen molar-refractivity contribution in [3.8, 4) is 23.0 Å². The molecule has 2 aromatic carbocycles. The van der Waals surface area contributed by atoms with Crippen molar-refractivity contribution in [3.05, 3.63) is 45.4 Å². The number of benzene rings is 2. The van der Waals surface area contributed by atoms with Crippen LogP contribution >= 0.6 is 15.9 Å². The van der Waals surface area contributed by atoms with Crippen molar-refractivity contribution in [1.82, 2.24) is 0 Å². The van der Waals surface area contributed by atoms with Crippen molar-refractivity contribution >= 4 is 27.7 Å². The fourth-order valence-corrected chi connectivity index (χ4v) is 3.25. The first-order valence-corrected chi connectivity index (χ1v) is 9.04. The summed E-state index contributed by atoms with van der Waals surface area (Å²) >= 11 is 3.44. The van der Waals surface area contributed by atoms with Gasteiger partial charge < -0.3 is 24.1 Å². The van der Waals surface area contributed by atoms with Gasteiger partial charge in [0.05, 0.1) is 34.9 Å². The summed E-state index contributed by atoms with van der Waals surface area (Å²) in [5.41, 5.74) is 1.30. The van der Waals surface area contributed by atoms with Gasteiger partial charge in [0.15, 0.2) is 28.8 Å². The largest absolute Gasteiger partial charge is 0.493 e. The van der Waals surface area contributed by atoms with Gasteiger partial charge in [0, 0.05) is 16.5 Å². The van der Waals surface area contributed by atoms with Crippen LogP contribution in [0.2, 0.25) is 0 Å². The first-order valence-electron chi connectivity index (χ1n) is 8.24. The molecule has 0 aliphatic carbocycles. The summed E-state index contributed by atoms with van der Waals surface area (Å²) in [6.45, 7) is 0. The smallest absolute Gasteiger partial charge is 0.307 e. The van der Waals surface area contributed by atoms with Crippen LogP contribution in [0.4, 0.5) is 0 Å². The van der Waals surface area contributed by atoms with E-state index in [0.29, 0.717) is 38.6 Å². The molecule has 0 radical (unpaired) electrons. The number of hydrogen-bond acceptors (Lipinski definition) is 6. The Bertz CT molecular complexity index is 893. The van der Waals surface area contributed by atoms with Crippen LogP contribution in [0.5, 0.6) is 23.0 Å². The van der Waals surface area contributed by atoms with E-state index >= 15 is 0 Å². The topological polar surface area (TPSA) is 91.3 Å². The summed E-state index contributed by atoms with van der Waals surface area (Å²) in [5, 5.41) is 9.20. The molecule has 8 heteroatoms. The van der Waals surface area contributed by atoms with Crippen molar-refractivity contribution in [2.45, 2.75) is 12.8 Å². The SMILES string of the molecule is COc1cc(Br)c(CC(=O)c2cc(OC)c(OC)cc2CC(=O)O)cc1OC. The van der Waals surface area contributed by atoms with Crippen LogP contribution in [0.1, 0.15) is 21.5 Å². The van der Waals surface area contributed by atoms with Crippen LogP contribution in [0.3, 0.4) is 0 Å². The van der Waals surface area contributed by atoms with Gasteiger partial charge in [-0.15, -0.1) is 0 Å². The van der Waals surface area contributed by atoms with Crippen molar-refractivity contribution in [2.75, 3.05) is 28.4 Å². The molecular weight excluding hydrogens is 432 g/mol. The molecule has 0 aliphatic rings. The number of carboxylic acids is 1. The second kappa shape index (κ2) is 9.45. The number of carbonyl (C=O) groups excluding carboxylic acids is 1. The van der Waals surface area contributed by atoms with Crippen LogP contribution < -0.4 is 18.9 Å². The minimum Gasteiger partial charge on any atom is -0.493 e. The standard InChI is InChI=1S/C20H21BrO7/c1-25-16-6-11(8-20(23)24)13(9-18(16)27-3)15(22)5-12-7-17(26-2)19(28-4)10-14(12)21/h6-7,9-10H,5,8H2,1-4H3,(H,23,24). The van der Waals surface area contributed by atoms with Crippen molar-refractivity contribution in [3.63, 3.8) is 0 Å². The summed E-state index contributed by atoms with van der Waals surface area (Å²) in [4.78, 5) is 24.3. The number of carboxylic acid groups (broad SMARTS) is 1. The number of methoxy groups -OCH3 is 4. The van der Waals surface area contributed by atoms with Gasteiger partial charge in [0.25, 0.3) is 0 Å². The third-order valence-corrected chi connectivity index (χ3v) is 4.89. The Morgan fingerprint density at radius 1 is 0.786 bits per heavy atom. The lowest BCUT2D eigenvalue weighted by molar-refractivity contribution is -0.136. The predicted molar refractivity (Wildman–Crippen MR) is 106 cm³/mol. The Hall–Kier alpha value is -2.74. The highest BCUT2D eigenvalue weighted by Crippen LogP contribution is 2.35. The number of ketones is 1. The maximum Gasteiger partial charge on any atom is 0.307 e. The van der Waals surface area contributed by atoms with E-state index < -0.39 is 5.97 Å². The monoisotopic (exact) mass is 452 g/mol. The average Bonchev–Trinajstić information content (AvgIpc) is 2.68. The zero-order valence-electron chi connectivity index (χ0n) is 16.0. The molecule has 0 unspecified atom stereocenters. The van der Waals surface area contributed by atoms with E-state index in [4.69, 9.17) is 18.9 Å². The molecule has 0 spiro atoms. The molecular formula is C20H21BrO7. The Labute approximate surface area is 171 Å². The number of Topliss-reactive ketones (excluding diaryl/α,β-unsaturated/α-hetero) is 1. The van der Waals surface area contributed by atoms with E-state index in [0.717, 1.165) is 0 Å². The molecule has 1 N–H and O–H groups in total. The van der Waals surface area contributed by atoms with Crippen LogP contribution in [0.15, 0.2) is 28.7 Å². The number of ether oxygens (including phenoxy) is 4. The average molecular weight is 453 g/mol.